The van der Waals surface area contributed by atoms with Crippen molar-refractivity contribution in [3.8, 4) is 0 Å². The number of amides is 1. The fourth-order valence-electron chi connectivity index (χ4n) is 2.01. The van der Waals surface area contributed by atoms with E-state index in [0.717, 1.165) is 19.4 Å². The summed E-state index contributed by atoms with van der Waals surface area (Å²) in [5.41, 5.74) is 0. The van der Waals surface area contributed by atoms with Crippen LogP contribution >= 0.6 is 0 Å². The molecule has 1 unspecified atom stereocenters. The quantitative estimate of drug-likeness (QED) is 0.710. The molecule has 1 fully saturated rings. The van der Waals surface area contributed by atoms with Crippen molar-refractivity contribution in [2.45, 2.75) is 39.2 Å². The van der Waals surface area contributed by atoms with E-state index in [2.05, 4.69) is 13.8 Å². The van der Waals surface area contributed by atoms with Crippen LogP contribution in [-0.4, -0.2) is 35.1 Å². The number of hydrogen-bond acceptors (Lipinski definition) is 2. The molecule has 0 aromatic heterocycles. The lowest BCUT2D eigenvalue weighted by atomic mass is 10.1. The highest BCUT2D eigenvalue weighted by Crippen LogP contribution is 2.22. The van der Waals surface area contributed by atoms with Gasteiger partial charge in [-0.25, -0.2) is 0 Å². The zero-order valence-corrected chi connectivity index (χ0v) is 8.49. The molecule has 76 valence electrons. The third kappa shape index (κ3) is 2.21. The summed E-state index contributed by atoms with van der Waals surface area (Å²) in [5, 5.41) is 8.95. The van der Waals surface area contributed by atoms with Crippen LogP contribution in [0.4, 0.5) is 0 Å². The van der Waals surface area contributed by atoms with Crippen LogP contribution in [0.2, 0.25) is 0 Å². The van der Waals surface area contributed by atoms with E-state index in [1.807, 2.05) is 4.90 Å². The lowest BCUT2D eigenvalue weighted by molar-refractivity contribution is -0.129. The standard InChI is InChI=1S/C10H19NO2/c1-3-9(4-2)11-6-8(7-12)5-10(11)13/h8-9,12H,3-7H2,1-2H3. The van der Waals surface area contributed by atoms with Crippen LogP contribution in [-0.2, 0) is 4.79 Å². The lowest BCUT2D eigenvalue weighted by Crippen LogP contribution is -2.35. The Morgan fingerprint density at radius 3 is 2.54 bits per heavy atom. The fraction of sp³-hybridized carbons (Fsp3) is 0.900. The van der Waals surface area contributed by atoms with Crippen molar-refractivity contribution < 1.29 is 9.90 Å². The molecule has 0 aromatic rings. The van der Waals surface area contributed by atoms with E-state index in [1.54, 1.807) is 0 Å². The molecule has 1 atom stereocenters. The second kappa shape index (κ2) is 4.61. The number of rotatable bonds is 4. The molecule has 3 heteroatoms. The summed E-state index contributed by atoms with van der Waals surface area (Å²) >= 11 is 0. The maximum absolute atomic E-state index is 11.5. The van der Waals surface area contributed by atoms with Crippen LogP contribution in [0.5, 0.6) is 0 Å². The second-order valence-corrected chi connectivity index (χ2v) is 3.77. The first kappa shape index (κ1) is 10.5. The molecule has 1 heterocycles. The van der Waals surface area contributed by atoms with Gasteiger partial charge in [-0.3, -0.25) is 4.79 Å². The third-order valence-corrected chi connectivity index (χ3v) is 2.88. The Bertz CT molecular complexity index is 178. The van der Waals surface area contributed by atoms with Gasteiger partial charge in [0.1, 0.15) is 0 Å². The van der Waals surface area contributed by atoms with E-state index in [4.69, 9.17) is 5.11 Å². The van der Waals surface area contributed by atoms with E-state index < -0.39 is 0 Å². The summed E-state index contributed by atoms with van der Waals surface area (Å²) in [5.74, 6) is 0.390. The summed E-state index contributed by atoms with van der Waals surface area (Å²) < 4.78 is 0. The Balaban J connectivity index is 2.55. The Morgan fingerprint density at radius 2 is 2.15 bits per heavy atom. The van der Waals surface area contributed by atoms with Gasteiger partial charge in [0, 0.05) is 31.5 Å². The lowest BCUT2D eigenvalue weighted by Gasteiger charge is -2.25. The highest BCUT2D eigenvalue weighted by atomic mass is 16.3. The van der Waals surface area contributed by atoms with Crippen LogP contribution in [0.3, 0.4) is 0 Å². The number of carbonyl (C=O) groups is 1. The van der Waals surface area contributed by atoms with Gasteiger partial charge in [0.2, 0.25) is 5.91 Å². The first-order chi connectivity index (χ1) is 6.22. The molecule has 0 spiro atoms. The van der Waals surface area contributed by atoms with Crippen LogP contribution in [0.25, 0.3) is 0 Å². The minimum atomic E-state index is 0.141. The van der Waals surface area contributed by atoms with E-state index in [9.17, 15) is 4.79 Å². The minimum Gasteiger partial charge on any atom is -0.396 e. The molecule has 1 rings (SSSR count). The Morgan fingerprint density at radius 1 is 1.54 bits per heavy atom. The maximum Gasteiger partial charge on any atom is 0.223 e. The molecule has 0 aliphatic carbocycles. The summed E-state index contributed by atoms with van der Waals surface area (Å²) in [6, 6.07) is 0.379. The van der Waals surface area contributed by atoms with Gasteiger partial charge in [-0.2, -0.15) is 0 Å². The van der Waals surface area contributed by atoms with Gasteiger partial charge in [0.25, 0.3) is 0 Å². The highest BCUT2D eigenvalue weighted by Gasteiger charge is 2.32. The van der Waals surface area contributed by atoms with E-state index in [-0.39, 0.29) is 18.4 Å². The number of carbonyl (C=O) groups excluding carboxylic acids is 1. The first-order valence-corrected chi connectivity index (χ1v) is 5.13. The second-order valence-electron chi connectivity index (χ2n) is 3.77. The molecule has 13 heavy (non-hydrogen) atoms. The van der Waals surface area contributed by atoms with Crippen molar-refractivity contribution in [1.29, 1.82) is 0 Å². The maximum atomic E-state index is 11.5. The zero-order valence-electron chi connectivity index (χ0n) is 8.49. The van der Waals surface area contributed by atoms with Gasteiger partial charge in [-0.15, -0.1) is 0 Å². The van der Waals surface area contributed by atoms with Crippen molar-refractivity contribution in [1.82, 2.24) is 4.90 Å². The molecule has 0 saturated carbocycles. The molecule has 1 aliphatic rings. The van der Waals surface area contributed by atoms with Gasteiger partial charge in [-0.05, 0) is 12.8 Å². The Labute approximate surface area is 79.7 Å². The smallest absolute Gasteiger partial charge is 0.223 e. The number of aliphatic hydroxyl groups is 1. The van der Waals surface area contributed by atoms with Gasteiger partial charge in [0.05, 0.1) is 0 Å². The van der Waals surface area contributed by atoms with Crippen LogP contribution in [0.15, 0.2) is 0 Å². The average molecular weight is 185 g/mol. The minimum absolute atomic E-state index is 0.141. The summed E-state index contributed by atoms with van der Waals surface area (Å²) in [6.45, 7) is 5.10. The number of hydrogen-bond donors (Lipinski definition) is 1. The van der Waals surface area contributed by atoms with E-state index in [1.165, 1.54) is 0 Å². The average Bonchev–Trinajstić information content (AvgIpc) is 2.50. The van der Waals surface area contributed by atoms with Gasteiger partial charge in [0.15, 0.2) is 0 Å². The molecule has 1 aliphatic heterocycles. The number of nitrogens with zero attached hydrogens (tertiary/aromatic N) is 1. The summed E-state index contributed by atoms with van der Waals surface area (Å²) in [6.07, 6.45) is 2.56. The van der Waals surface area contributed by atoms with Crippen molar-refractivity contribution in [2.75, 3.05) is 13.2 Å². The summed E-state index contributed by atoms with van der Waals surface area (Å²) in [4.78, 5) is 13.4. The predicted molar refractivity (Wildman–Crippen MR) is 51.3 cm³/mol. The number of likely N-dealkylation sites (tertiary alicyclic amines) is 1. The molecule has 1 N–H and O–H groups in total. The van der Waals surface area contributed by atoms with Gasteiger partial charge in [-0.1, -0.05) is 13.8 Å². The molecule has 1 saturated heterocycles. The monoisotopic (exact) mass is 185 g/mol. The van der Waals surface area contributed by atoms with Crippen molar-refractivity contribution in [3.63, 3.8) is 0 Å². The van der Waals surface area contributed by atoms with Crippen molar-refractivity contribution >= 4 is 5.91 Å². The van der Waals surface area contributed by atoms with Crippen LogP contribution in [0.1, 0.15) is 33.1 Å². The first-order valence-electron chi connectivity index (χ1n) is 5.13. The largest absolute Gasteiger partial charge is 0.396 e. The van der Waals surface area contributed by atoms with Crippen LogP contribution < -0.4 is 0 Å². The predicted octanol–water partition coefficient (Wildman–Crippen LogP) is 1.02. The van der Waals surface area contributed by atoms with Crippen molar-refractivity contribution in [2.24, 2.45) is 5.92 Å². The highest BCUT2D eigenvalue weighted by molar-refractivity contribution is 5.79. The van der Waals surface area contributed by atoms with Crippen molar-refractivity contribution in [3.05, 3.63) is 0 Å². The molecule has 0 radical (unpaired) electrons. The van der Waals surface area contributed by atoms with E-state index in [0.29, 0.717) is 12.5 Å². The van der Waals surface area contributed by atoms with Gasteiger partial charge < -0.3 is 10.0 Å². The summed E-state index contributed by atoms with van der Waals surface area (Å²) in [7, 11) is 0. The fourth-order valence-corrected chi connectivity index (χ4v) is 2.01. The Hall–Kier alpha value is -0.570. The normalized spacial score (nSPS) is 23.2. The van der Waals surface area contributed by atoms with Gasteiger partial charge >= 0.3 is 0 Å². The SMILES string of the molecule is CCC(CC)N1CC(CO)CC1=O. The molecular formula is C10H19NO2. The molecule has 0 bridgehead atoms. The number of aliphatic hydroxyl groups excluding tert-OH is 1. The molecule has 3 nitrogen and oxygen atoms in total. The molecular weight excluding hydrogens is 166 g/mol. The zero-order chi connectivity index (χ0) is 9.84. The molecule has 0 aromatic carbocycles. The van der Waals surface area contributed by atoms with Crippen LogP contribution in [0, 0.1) is 5.92 Å². The van der Waals surface area contributed by atoms with E-state index >= 15 is 0 Å². The topological polar surface area (TPSA) is 40.5 Å². The Kier molecular flexibility index (Phi) is 3.72. The third-order valence-electron chi connectivity index (χ3n) is 2.88. The molecule has 1 amide bonds.